The number of halogens is 1. The first kappa shape index (κ1) is 17.2. The maximum Gasteiger partial charge on any atom is 0.273 e. The quantitative estimate of drug-likeness (QED) is 0.816. The van der Waals surface area contributed by atoms with Gasteiger partial charge >= 0.3 is 0 Å². The van der Waals surface area contributed by atoms with E-state index >= 15 is 0 Å². The SMILES string of the molecule is Cc1cc(C(=O)NNC(=O)Cc2cc(Cl)c3c(c2)OCCO3)c(C)o1. The predicted molar refractivity (Wildman–Crippen MR) is 89.9 cm³/mol. The van der Waals surface area contributed by atoms with E-state index in [2.05, 4.69) is 10.9 Å². The van der Waals surface area contributed by atoms with Gasteiger partial charge in [-0.05, 0) is 37.6 Å². The highest BCUT2D eigenvalue weighted by molar-refractivity contribution is 6.32. The molecule has 132 valence electrons. The van der Waals surface area contributed by atoms with Gasteiger partial charge in [0.2, 0.25) is 5.91 Å². The second kappa shape index (κ2) is 7.06. The van der Waals surface area contributed by atoms with Gasteiger partial charge in [0.05, 0.1) is 17.0 Å². The van der Waals surface area contributed by atoms with E-state index in [1.165, 1.54) is 0 Å². The molecule has 0 spiro atoms. The molecule has 25 heavy (non-hydrogen) atoms. The summed E-state index contributed by atoms with van der Waals surface area (Å²) in [7, 11) is 0. The topological polar surface area (TPSA) is 89.8 Å². The molecule has 1 aliphatic heterocycles. The van der Waals surface area contributed by atoms with Gasteiger partial charge in [0.25, 0.3) is 5.91 Å². The van der Waals surface area contributed by atoms with E-state index < -0.39 is 5.91 Å². The highest BCUT2D eigenvalue weighted by Gasteiger charge is 2.18. The fourth-order valence-electron chi connectivity index (χ4n) is 2.55. The number of benzene rings is 1. The number of rotatable bonds is 3. The van der Waals surface area contributed by atoms with Crippen LogP contribution in [0.5, 0.6) is 11.5 Å². The van der Waals surface area contributed by atoms with Crippen molar-refractivity contribution >= 4 is 23.4 Å². The lowest BCUT2D eigenvalue weighted by Crippen LogP contribution is -2.42. The normalized spacial score (nSPS) is 12.6. The van der Waals surface area contributed by atoms with E-state index in [9.17, 15) is 9.59 Å². The third kappa shape index (κ3) is 3.88. The number of hydrazine groups is 1. The Morgan fingerprint density at radius 2 is 1.88 bits per heavy atom. The predicted octanol–water partition coefficient (Wildman–Crippen LogP) is 2.32. The molecule has 0 fully saturated rings. The van der Waals surface area contributed by atoms with Crippen molar-refractivity contribution in [3.63, 3.8) is 0 Å². The van der Waals surface area contributed by atoms with Crippen molar-refractivity contribution in [2.24, 2.45) is 0 Å². The number of carbonyl (C=O) groups excluding carboxylic acids is 2. The molecule has 2 N–H and O–H groups in total. The number of amides is 2. The van der Waals surface area contributed by atoms with Crippen LogP contribution in [0.3, 0.4) is 0 Å². The summed E-state index contributed by atoms with van der Waals surface area (Å²) in [4.78, 5) is 24.1. The van der Waals surface area contributed by atoms with Crippen LogP contribution < -0.4 is 20.3 Å². The monoisotopic (exact) mass is 364 g/mol. The molecule has 2 aromatic rings. The van der Waals surface area contributed by atoms with Crippen LogP contribution in [0.2, 0.25) is 5.02 Å². The summed E-state index contributed by atoms with van der Waals surface area (Å²) in [5.74, 6) is 1.27. The van der Waals surface area contributed by atoms with Crippen LogP contribution in [0.4, 0.5) is 0 Å². The van der Waals surface area contributed by atoms with Gasteiger partial charge in [-0.3, -0.25) is 20.4 Å². The summed E-state index contributed by atoms with van der Waals surface area (Å²) in [6.45, 7) is 4.29. The zero-order valence-electron chi connectivity index (χ0n) is 13.8. The van der Waals surface area contributed by atoms with Crippen LogP contribution in [-0.4, -0.2) is 25.0 Å². The standard InChI is InChI=1S/C17H17ClN2O5/c1-9-5-12(10(2)25-9)17(22)20-19-15(21)8-11-6-13(18)16-14(7-11)23-3-4-24-16/h5-7H,3-4,8H2,1-2H3,(H,19,21)(H,20,22). The van der Waals surface area contributed by atoms with E-state index in [1.807, 2.05) is 0 Å². The highest BCUT2D eigenvalue weighted by atomic mass is 35.5. The molecule has 0 unspecified atom stereocenters. The first-order chi connectivity index (χ1) is 11.9. The molecule has 7 nitrogen and oxygen atoms in total. The number of hydrogen-bond acceptors (Lipinski definition) is 5. The number of furan rings is 1. The lowest BCUT2D eigenvalue weighted by molar-refractivity contribution is -0.121. The van der Waals surface area contributed by atoms with Gasteiger partial charge in [0.1, 0.15) is 24.7 Å². The van der Waals surface area contributed by atoms with Crippen molar-refractivity contribution in [1.29, 1.82) is 0 Å². The summed E-state index contributed by atoms with van der Waals surface area (Å²) < 4.78 is 16.2. The van der Waals surface area contributed by atoms with E-state index in [0.717, 1.165) is 0 Å². The lowest BCUT2D eigenvalue weighted by Gasteiger charge is -2.20. The highest BCUT2D eigenvalue weighted by Crippen LogP contribution is 2.38. The van der Waals surface area contributed by atoms with Gasteiger partial charge in [-0.2, -0.15) is 0 Å². The van der Waals surface area contributed by atoms with Crippen LogP contribution in [0.15, 0.2) is 22.6 Å². The smallest absolute Gasteiger partial charge is 0.273 e. The van der Waals surface area contributed by atoms with Gasteiger partial charge < -0.3 is 13.9 Å². The van der Waals surface area contributed by atoms with Crippen LogP contribution >= 0.6 is 11.6 Å². The molecule has 1 aliphatic rings. The van der Waals surface area contributed by atoms with Crippen molar-refractivity contribution in [1.82, 2.24) is 10.9 Å². The number of hydrogen-bond donors (Lipinski definition) is 2. The Balaban J connectivity index is 1.60. The van der Waals surface area contributed by atoms with E-state index in [4.69, 9.17) is 25.5 Å². The average molecular weight is 365 g/mol. The molecule has 0 saturated heterocycles. The third-order valence-corrected chi connectivity index (χ3v) is 3.90. The fraction of sp³-hybridized carbons (Fsp3) is 0.294. The minimum atomic E-state index is -0.442. The third-order valence-electron chi connectivity index (χ3n) is 3.62. The zero-order valence-corrected chi connectivity index (χ0v) is 14.5. The number of carbonyl (C=O) groups is 2. The zero-order chi connectivity index (χ0) is 18.0. The molecular formula is C17H17ClN2O5. The van der Waals surface area contributed by atoms with E-state index in [0.29, 0.717) is 52.4 Å². The fourth-order valence-corrected chi connectivity index (χ4v) is 2.83. The molecule has 1 aromatic carbocycles. The van der Waals surface area contributed by atoms with Crippen molar-refractivity contribution in [3.8, 4) is 11.5 Å². The Kier molecular flexibility index (Phi) is 4.85. The molecule has 0 bridgehead atoms. The Labute approximate surface area is 149 Å². The molecule has 3 rings (SSSR count). The van der Waals surface area contributed by atoms with Gasteiger partial charge in [0.15, 0.2) is 11.5 Å². The van der Waals surface area contributed by atoms with Crippen molar-refractivity contribution in [2.75, 3.05) is 13.2 Å². The van der Waals surface area contributed by atoms with Crippen LogP contribution in [0.1, 0.15) is 27.4 Å². The summed E-state index contributed by atoms with van der Waals surface area (Å²) in [6, 6.07) is 4.95. The molecular weight excluding hydrogens is 348 g/mol. The van der Waals surface area contributed by atoms with Gasteiger partial charge in [-0.1, -0.05) is 11.6 Å². The first-order valence-corrected chi connectivity index (χ1v) is 8.06. The molecule has 2 heterocycles. The Hall–Kier alpha value is -2.67. The molecule has 8 heteroatoms. The minimum Gasteiger partial charge on any atom is -0.486 e. The number of fused-ring (bicyclic) bond motifs is 1. The summed E-state index contributed by atoms with van der Waals surface area (Å²) >= 11 is 6.14. The summed E-state index contributed by atoms with van der Waals surface area (Å²) in [5.41, 5.74) is 5.76. The molecule has 1 aromatic heterocycles. The molecule has 0 radical (unpaired) electrons. The van der Waals surface area contributed by atoms with Crippen molar-refractivity contribution in [3.05, 3.63) is 45.9 Å². The molecule has 2 amide bonds. The maximum absolute atomic E-state index is 12.1. The summed E-state index contributed by atoms with van der Waals surface area (Å²) in [5, 5.41) is 0.383. The lowest BCUT2D eigenvalue weighted by atomic mass is 10.1. The van der Waals surface area contributed by atoms with Crippen LogP contribution in [0.25, 0.3) is 0 Å². The van der Waals surface area contributed by atoms with Crippen LogP contribution in [-0.2, 0) is 11.2 Å². The minimum absolute atomic E-state index is 0.0278. The summed E-state index contributed by atoms with van der Waals surface area (Å²) in [6.07, 6.45) is 0.0278. The van der Waals surface area contributed by atoms with E-state index in [-0.39, 0.29) is 12.3 Å². The Morgan fingerprint density at radius 1 is 1.12 bits per heavy atom. The van der Waals surface area contributed by atoms with Gasteiger partial charge in [0, 0.05) is 0 Å². The number of nitrogens with one attached hydrogen (secondary N) is 2. The maximum atomic E-state index is 12.1. The second-order valence-corrected chi connectivity index (χ2v) is 6.02. The second-order valence-electron chi connectivity index (χ2n) is 5.61. The molecule has 0 aliphatic carbocycles. The average Bonchev–Trinajstić information content (AvgIpc) is 2.91. The Bertz CT molecular complexity index is 831. The van der Waals surface area contributed by atoms with Gasteiger partial charge in [-0.15, -0.1) is 0 Å². The number of ether oxygens (including phenoxy) is 2. The molecule has 0 saturated carbocycles. The van der Waals surface area contributed by atoms with E-state index in [1.54, 1.807) is 32.0 Å². The first-order valence-electron chi connectivity index (χ1n) is 7.68. The largest absolute Gasteiger partial charge is 0.486 e. The molecule has 0 atom stereocenters. The van der Waals surface area contributed by atoms with Crippen molar-refractivity contribution < 1.29 is 23.5 Å². The van der Waals surface area contributed by atoms with Gasteiger partial charge in [-0.25, -0.2) is 0 Å². The Morgan fingerprint density at radius 3 is 2.60 bits per heavy atom. The number of aryl methyl sites for hydroxylation is 2. The van der Waals surface area contributed by atoms with Crippen LogP contribution in [0, 0.1) is 13.8 Å². The van der Waals surface area contributed by atoms with Crippen molar-refractivity contribution in [2.45, 2.75) is 20.3 Å².